The van der Waals surface area contributed by atoms with Crippen molar-refractivity contribution in [2.45, 2.75) is 18.2 Å². The monoisotopic (exact) mass is 246 g/mol. The second-order valence-corrected chi connectivity index (χ2v) is 4.61. The second kappa shape index (κ2) is 5.74. The van der Waals surface area contributed by atoms with E-state index < -0.39 is 0 Å². The summed E-state index contributed by atoms with van der Waals surface area (Å²) in [5.41, 5.74) is 2.36. The lowest BCUT2D eigenvalue weighted by Gasteiger charge is -2.09. The molecule has 88 valence electrons. The molecule has 0 aliphatic rings. The Morgan fingerprint density at radius 1 is 0.941 bits per heavy atom. The molecule has 2 aromatic rings. The van der Waals surface area contributed by atoms with Crippen molar-refractivity contribution in [2.75, 3.05) is 0 Å². The number of aromatic hydroxyl groups is 1. The van der Waals surface area contributed by atoms with Crippen LogP contribution in [0.1, 0.15) is 22.9 Å². The van der Waals surface area contributed by atoms with E-state index >= 15 is 0 Å². The van der Waals surface area contributed by atoms with Crippen LogP contribution in [0.15, 0.2) is 54.6 Å². The SMILES string of the molecule is Oc1ccc(CCC(Cl)c2ccccc2)cc1. The zero-order chi connectivity index (χ0) is 12.1. The van der Waals surface area contributed by atoms with Crippen LogP contribution in [-0.4, -0.2) is 5.11 Å². The fourth-order valence-electron chi connectivity index (χ4n) is 1.78. The third-order valence-corrected chi connectivity index (χ3v) is 3.25. The van der Waals surface area contributed by atoms with Gasteiger partial charge in [-0.2, -0.15) is 0 Å². The molecule has 0 radical (unpaired) electrons. The van der Waals surface area contributed by atoms with Gasteiger partial charge in [-0.15, -0.1) is 11.6 Å². The highest BCUT2D eigenvalue weighted by atomic mass is 35.5. The molecular weight excluding hydrogens is 232 g/mol. The van der Waals surface area contributed by atoms with Gasteiger partial charge in [0.1, 0.15) is 5.75 Å². The Morgan fingerprint density at radius 3 is 2.24 bits per heavy atom. The Morgan fingerprint density at radius 2 is 1.59 bits per heavy atom. The highest BCUT2D eigenvalue weighted by Gasteiger charge is 2.07. The number of alkyl halides is 1. The van der Waals surface area contributed by atoms with Crippen molar-refractivity contribution < 1.29 is 5.11 Å². The van der Waals surface area contributed by atoms with Crippen LogP contribution in [-0.2, 0) is 6.42 Å². The number of hydrogen-bond acceptors (Lipinski definition) is 1. The third-order valence-electron chi connectivity index (χ3n) is 2.78. The van der Waals surface area contributed by atoms with Gasteiger partial charge in [0.25, 0.3) is 0 Å². The first kappa shape index (κ1) is 12.0. The molecule has 0 bridgehead atoms. The number of halogens is 1. The average molecular weight is 247 g/mol. The molecule has 1 N–H and O–H groups in total. The maximum Gasteiger partial charge on any atom is 0.115 e. The Labute approximate surface area is 107 Å². The van der Waals surface area contributed by atoms with Gasteiger partial charge in [-0.1, -0.05) is 42.5 Å². The molecule has 2 heteroatoms. The molecule has 0 aromatic heterocycles. The van der Waals surface area contributed by atoms with E-state index in [4.69, 9.17) is 11.6 Å². The van der Waals surface area contributed by atoms with Crippen molar-refractivity contribution in [1.29, 1.82) is 0 Å². The molecule has 1 unspecified atom stereocenters. The minimum absolute atomic E-state index is 0.0463. The van der Waals surface area contributed by atoms with Crippen LogP contribution in [0, 0.1) is 0 Å². The van der Waals surface area contributed by atoms with Crippen molar-refractivity contribution in [3.8, 4) is 5.75 Å². The third kappa shape index (κ3) is 3.50. The van der Waals surface area contributed by atoms with Gasteiger partial charge >= 0.3 is 0 Å². The fourth-order valence-corrected chi connectivity index (χ4v) is 2.04. The molecule has 1 nitrogen and oxygen atoms in total. The number of hydrogen-bond donors (Lipinski definition) is 1. The summed E-state index contributed by atoms with van der Waals surface area (Å²) in [5.74, 6) is 0.305. The summed E-state index contributed by atoms with van der Waals surface area (Å²) in [6.07, 6.45) is 1.82. The van der Waals surface area contributed by atoms with Gasteiger partial charge in [-0.25, -0.2) is 0 Å². The van der Waals surface area contributed by atoms with E-state index in [1.54, 1.807) is 12.1 Å². The molecular formula is C15H15ClO. The molecule has 0 saturated heterocycles. The molecule has 2 rings (SSSR count). The smallest absolute Gasteiger partial charge is 0.115 e. The molecule has 17 heavy (non-hydrogen) atoms. The lowest BCUT2D eigenvalue weighted by Crippen LogP contribution is -1.93. The van der Waals surface area contributed by atoms with E-state index in [0.29, 0.717) is 5.75 Å². The molecule has 0 fully saturated rings. The summed E-state index contributed by atoms with van der Waals surface area (Å²) in [6.45, 7) is 0. The lowest BCUT2D eigenvalue weighted by atomic mass is 10.0. The average Bonchev–Trinajstić information content (AvgIpc) is 2.39. The predicted molar refractivity (Wildman–Crippen MR) is 71.5 cm³/mol. The van der Waals surface area contributed by atoms with Gasteiger partial charge in [0, 0.05) is 0 Å². The molecule has 2 aromatic carbocycles. The van der Waals surface area contributed by atoms with Crippen molar-refractivity contribution in [1.82, 2.24) is 0 Å². The molecule has 0 aliphatic carbocycles. The highest BCUT2D eigenvalue weighted by molar-refractivity contribution is 6.20. The molecule has 1 atom stereocenters. The van der Waals surface area contributed by atoms with E-state index in [2.05, 4.69) is 12.1 Å². The largest absolute Gasteiger partial charge is 0.508 e. The van der Waals surface area contributed by atoms with Crippen LogP contribution < -0.4 is 0 Å². The Balaban J connectivity index is 1.92. The number of benzene rings is 2. The number of phenolic OH excluding ortho intramolecular Hbond substituents is 1. The minimum atomic E-state index is 0.0463. The van der Waals surface area contributed by atoms with E-state index in [1.165, 1.54) is 5.56 Å². The highest BCUT2D eigenvalue weighted by Crippen LogP contribution is 2.25. The van der Waals surface area contributed by atoms with Crippen LogP contribution in [0.5, 0.6) is 5.75 Å². The summed E-state index contributed by atoms with van der Waals surface area (Å²) < 4.78 is 0. The first-order chi connectivity index (χ1) is 8.25. The summed E-state index contributed by atoms with van der Waals surface area (Å²) in [6, 6.07) is 17.4. The van der Waals surface area contributed by atoms with Gasteiger partial charge in [0.15, 0.2) is 0 Å². The Hall–Kier alpha value is -1.47. The number of rotatable bonds is 4. The van der Waals surface area contributed by atoms with Crippen LogP contribution in [0.2, 0.25) is 0 Å². The first-order valence-corrected chi connectivity index (χ1v) is 6.16. The Kier molecular flexibility index (Phi) is 4.05. The summed E-state index contributed by atoms with van der Waals surface area (Å²) >= 11 is 6.34. The maximum absolute atomic E-state index is 9.19. The van der Waals surface area contributed by atoms with Crippen LogP contribution >= 0.6 is 11.6 Å². The van der Waals surface area contributed by atoms with Crippen molar-refractivity contribution in [2.24, 2.45) is 0 Å². The predicted octanol–water partition coefficient (Wildman–Crippen LogP) is 4.30. The van der Waals surface area contributed by atoms with E-state index in [0.717, 1.165) is 18.4 Å². The number of aryl methyl sites for hydroxylation is 1. The van der Waals surface area contributed by atoms with Crippen molar-refractivity contribution in [3.05, 3.63) is 65.7 Å². The van der Waals surface area contributed by atoms with Crippen molar-refractivity contribution >= 4 is 11.6 Å². The zero-order valence-electron chi connectivity index (χ0n) is 9.51. The lowest BCUT2D eigenvalue weighted by molar-refractivity contribution is 0.475. The number of phenols is 1. The second-order valence-electron chi connectivity index (χ2n) is 4.08. The summed E-state index contributed by atoms with van der Waals surface area (Å²) in [5, 5.41) is 9.23. The van der Waals surface area contributed by atoms with Crippen LogP contribution in [0.4, 0.5) is 0 Å². The van der Waals surface area contributed by atoms with E-state index in [-0.39, 0.29) is 5.38 Å². The maximum atomic E-state index is 9.19. The molecule has 0 aliphatic heterocycles. The minimum Gasteiger partial charge on any atom is -0.508 e. The topological polar surface area (TPSA) is 20.2 Å². The fraction of sp³-hybridized carbons (Fsp3) is 0.200. The van der Waals surface area contributed by atoms with Crippen LogP contribution in [0.3, 0.4) is 0 Å². The van der Waals surface area contributed by atoms with Crippen LogP contribution in [0.25, 0.3) is 0 Å². The normalized spacial score (nSPS) is 12.3. The van der Waals surface area contributed by atoms with Gasteiger partial charge in [-0.05, 0) is 36.1 Å². The molecule has 0 heterocycles. The summed E-state index contributed by atoms with van der Waals surface area (Å²) in [7, 11) is 0. The van der Waals surface area contributed by atoms with Gasteiger partial charge < -0.3 is 5.11 Å². The molecule has 0 amide bonds. The van der Waals surface area contributed by atoms with Gasteiger partial charge in [0.05, 0.1) is 5.38 Å². The summed E-state index contributed by atoms with van der Waals surface area (Å²) in [4.78, 5) is 0. The molecule has 0 spiro atoms. The van der Waals surface area contributed by atoms with Gasteiger partial charge in [-0.3, -0.25) is 0 Å². The first-order valence-electron chi connectivity index (χ1n) is 5.72. The molecule has 0 saturated carbocycles. The Bertz CT molecular complexity index is 450. The van der Waals surface area contributed by atoms with E-state index in [9.17, 15) is 5.11 Å². The van der Waals surface area contributed by atoms with Crippen molar-refractivity contribution in [3.63, 3.8) is 0 Å². The van der Waals surface area contributed by atoms with Gasteiger partial charge in [0.2, 0.25) is 0 Å². The zero-order valence-corrected chi connectivity index (χ0v) is 10.3. The van der Waals surface area contributed by atoms with E-state index in [1.807, 2.05) is 30.3 Å². The quantitative estimate of drug-likeness (QED) is 0.798. The standard InChI is InChI=1S/C15H15ClO/c16-15(13-4-2-1-3-5-13)11-8-12-6-9-14(17)10-7-12/h1-7,9-10,15,17H,8,11H2.